The second kappa shape index (κ2) is 10.8. The van der Waals surface area contributed by atoms with Gasteiger partial charge in [0.1, 0.15) is 5.60 Å². The molecule has 3 rings (SSSR count). The van der Waals surface area contributed by atoms with Crippen LogP contribution in [0.25, 0.3) is 10.4 Å². The van der Waals surface area contributed by atoms with Crippen molar-refractivity contribution in [3.63, 3.8) is 0 Å². The largest absolute Gasteiger partial charge is 0.471 e. The Morgan fingerprint density at radius 1 is 0.917 bits per heavy atom. The minimum Gasteiger partial charge on any atom is -0.444 e. The molecule has 0 radical (unpaired) electrons. The van der Waals surface area contributed by atoms with Crippen LogP contribution in [-0.2, 0) is 16.1 Å². The van der Waals surface area contributed by atoms with E-state index in [0.717, 1.165) is 10.4 Å². The number of hydrogen-bond acceptors (Lipinski definition) is 5. The van der Waals surface area contributed by atoms with Crippen LogP contribution in [0, 0.1) is 0 Å². The van der Waals surface area contributed by atoms with Gasteiger partial charge >= 0.3 is 18.2 Å². The predicted octanol–water partition coefficient (Wildman–Crippen LogP) is 6.19. The molecule has 0 aliphatic carbocycles. The van der Waals surface area contributed by atoms with Crippen LogP contribution in [0.2, 0.25) is 0 Å². The monoisotopic (exact) mass is 519 g/mol. The first-order valence-corrected chi connectivity index (χ1v) is 11.6. The molecule has 0 bridgehead atoms. The van der Waals surface area contributed by atoms with E-state index in [0.29, 0.717) is 16.9 Å². The molecule has 0 unspecified atom stereocenters. The van der Waals surface area contributed by atoms with Gasteiger partial charge in [-0.3, -0.25) is 14.9 Å². The van der Waals surface area contributed by atoms with E-state index in [1.165, 1.54) is 35.6 Å². The summed E-state index contributed by atoms with van der Waals surface area (Å²) in [5.74, 6) is -2.54. The first-order valence-electron chi connectivity index (χ1n) is 10.7. The summed E-state index contributed by atoms with van der Waals surface area (Å²) in [6, 6.07) is 14.7. The topological polar surface area (TPSA) is 96.5 Å². The number of alkyl halides is 3. The molecule has 190 valence electrons. The van der Waals surface area contributed by atoms with Crippen LogP contribution in [-0.4, -0.2) is 29.7 Å². The van der Waals surface area contributed by atoms with Crippen molar-refractivity contribution in [2.24, 2.45) is 0 Å². The van der Waals surface area contributed by atoms with E-state index in [2.05, 4.69) is 10.6 Å². The number of hydrogen-bond donors (Lipinski definition) is 3. The summed E-state index contributed by atoms with van der Waals surface area (Å²) in [4.78, 5) is 37.2. The molecule has 3 N–H and O–H groups in total. The Bertz CT molecular complexity index is 1230. The first kappa shape index (κ1) is 26.7. The van der Waals surface area contributed by atoms with Gasteiger partial charge in [0, 0.05) is 17.0 Å². The van der Waals surface area contributed by atoms with Crippen LogP contribution in [0.1, 0.15) is 36.7 Å². The van der Waals surface area contributed by atoms with Gasteiger partial charge in [0.25, 0.3) is 5.91 Å². The van der Waals surface area contributed by atoms with E-state index in [9.17, 15) is 27.6 Å². The van der Waals surface area contributed by atoms with Crippen LogP contribution in [0.4, 0.5) is 29.3 Å². The lowest BCUT2D eigenvalue weighted by molar-refractivity contribution is -0.173. The molecular weight excluding hydrogens is 495 g/mol. The smallest absolute Gasteiger partial charge is 0.444 e. The molecule has 3 aromatic rings. The number of ether oxygens (including phenoxy) is 1. The van der Waals surface area contributed by atoms with Crippen LogP contribution < -0.4 is 16.0 Å². The van der Waals surface area contributed by atoms with Crippen LogP contribution in [0.15, 0.2) is 60.0 Å². The zero-order chi connectivity index (χ0) is 26.5. The number of halogens is 3. The van der Waals surface area contributed by atoms with E-state index in [4.69, 9.17) is 4.74 Å². The number of carbonyl (C=O) groups is 3. The SMILES string of the molecule is CC(C)(C)OC(=O)Nc1ccc(-c2cccs2)cc1NC(=O)c1ccc(CNC(=O)C(F)(F)F)cc1. The maximum atomic E-state index is 12.9. The molecule has 1 heterocycles. The lowest BCUT2D eigenvalue weighted by Crippen LogP contribution is -2.36. The van der Waals surface area contributed by atoms with Gasteiger partial charge in [0.05, 0.1) is 11.4 Å². The Labute approximate surface area is 209 Å². The van der Waals surface area contributed by atoms with Crippen molar-refractivity contribution in [2.75, 3.05) is 10.6 Å². The minimum absolute atomic E-state index is 0.227. The summed E-state index contributed by atoms with van der Waals surface area (Å²) >= 11 is 1.51. The number of carbonyl (C=O) groups excluding carboxylic acids is 3. The second-order valence-electron chi connectivity index (χ2n) is 8.70. The van der Waals surface area contributed by atoms with Crippen molar-refractivity contribution in [1.82, 2.24) is 5.32 Å². The Balaban J connectivity index is 1.77. The quantitative estimate of drug-likeness (QED) is 0.362. The van der Waals surface area contributed by atoms with Gasteiger partial charge < -0.3 is 15.4 Å². The normalized spacial score (nSPS) is 11.5. The predicted molar refractivity (Wildman–Crippen MR) is 132 cm³/mol. The van der Waals surface area contributed by atoms with E-state index < -0.39 is 29.7 Å². The van der Waals surface area contributed by atoms with Crippen molar-refractivity contribution in [1.29, 1.82) is 0 Å². The van der Waals surface area contributed by atoms with Crippen molar-refractivity contribution >= 4 is 40.6 Å². The molecule has 36 heavy (non-hydrogen) atoms. The van der Waals surface area contributed by atoms with Gasteiger partial charge in [0.15, 0.2) is 0 Å². The third-order valence-corrected chi connectivity index (χ3v) is 5.55. The lowest BCUT2D eigenvalue weighted by atomic mass is 10.1. The number of amides is 3. The van der Waals surface area contributed by atoms with Crippen LogP contribution in [0.3, 0.4) is 0 Å². The Hall–Kier alpha value is -3.86. The summed E-state index contributed by atoms with van der Waals surface area (Å²) in [7, 11) is 0. The third-order valence-electron chi connectivity index (χ3n) is 4.64. The molecule has 0 aliphatic heterocycles. The zero-order valence-corrected chi connectivity index (χ0v) is 20.5. The van der Waals surface area contributed by atoms with Gasteiger partial charge in [-0.05, 0) is 67.6 Å². The summed E-state index contributed by atoms with van der Waals surface area (Å²) in [6.07, 6.45) is -5.66. The average molecular weight is 520 g/mol. The molecule has 0 aliphatic rings. The van der Waals surface area contributed by atoms with Gasteiger partial charge in [-0.15, -0.1) is 11.3 Å². The number of rotatable bonds is 6. The van der Waals surface area contributed by atoms with E-state index in [1.807, 2.05) is 17.5 Å². The minimum atomic E-state index is -4.97. The highest BCUT2D eigenvalue weighted by Crippen LogP contribution is 2.32. The summed E-state index contributed by atoms with van der Waals surface area (Å²) in [5, 5.41) is 9.09. The van der Waals surface area contributed by atoms with Crippen molar-refractivity contribution in [3.05, 3.63) is 71.1 Å². The summed E-state index contributed by atoms with van der Waals surface area (Å²) < 4.78 is 42.3. The molecule has 2 aromatic carbocycles. The van der Waals surface area contributed by atoms with Gasteiger partial charge in [0.2, 0.25) is 0 Å². The molecule has 7 nitrogen and oxygen atoms in total. The summed E-state index contributed by atoms with van der Waals surface area (Å²) in [6.45, 7) is 4.85. The average Bonchev–Trinajstić information content (AvgIpc) is 3.32. The standard InChI is InChI=1S/C25H24F3N3O4S/c1-24(2,3)35-23(34)31-18-11-10-17(20-5-4-12-36-20)13-19(18)30-21(32)16-8-6-15(7-9-16)14-29-22(33)25(26,27)28/h4-13H,14H2,1-3H3,(H,29,33)(H,30,32)(H,31,34). The number of benzene rings is 2. The molecule has 0 saturated heterocycles. The maximum Gasteiger partial charge on any atom is 0.471 e. The molecule has 0 atom stereocenters. The Kier molecular flexibility index (Phi) is 8.03. The van der Waals surface area contributed by atoms with E-state index in [1.54, 1.807) is 44.3 Å². The number of nitrogens with one attached hydrogen (secondary N) is 3. The van der Waals surface area contributed by atoms with Crippen molar-refractivity contribution in [3.8, 4) is 10.4 Å². The van der Waals surface area contributed by atoms with Gasteiger partial charge in [-0.1, -0.05) is 24.3 Å². The maximum absolute atomic E-state index is 12.9. The molecule has 0 fully saturated rings. The molecule has 0 spiro atoms. The number of anilines is 2. The second-order valence-corrected chi connectivity index (χ2v) is 9.64. The fourth-order valence-electron chi connectivity index (χ4n) is 3.02. The van der Waals surface area contributed by atoms with Gasteiger partial charge in [-0.2, -0.15) is 13.2 Å². The molecule has 11 heteroatoms. The van der Waals surface area contributed by atoms with Crippen molar-refractivity contribution in [2.45, 2.75) is 39.1 Å². The highest BCUT2D eigenvalue weighted by Gasteiger charge is 2.38. The molecule has 0 saturated carbocycles. The highest BCUT2D eigenvalue weighted by atomic mass is 32.1. The van der Waals surface area contributed by atoms with E-state index in [-0.39, 0.29) is 12.1 Å². The fraction of sp³-hybridized carbons (Fsp3) is 0.240. The van der Waals surface area contributed by atoms with Gasteiger partial charge in [-0.25, -0.2) is 4.79 Å². The Morgan fingerprint density at radius 3 is 2.19 bits per heavy atom. The molecular formula is C25H24F3N3O4S. The lowest BCUT2D eigenvalue weighted by Gasteiger charge is -2.21. The zero-order valence-electron chi connectivity index (χ0n) is 19.7. The van der Waals surface area contributed by atoms with Crippen LogP contribution >= 0.6 is 11.3 Å². The number of thiophene rings is 1. The molecule has 3 amide bonds. The van der Waals surface area contributed by atoms with E-state index >= 15 is 0 Å². The van der Waals surface area contributed by atoms with Crippen molar-refractivity contribution < 1.29 is 32.3 Å². The third kappa shape index (κ3) is 7.57. The first-order chi connectivity index (χ1) is 16.8. The summed E-state index contributed by atoms with van der Waals surface area (Å²) in [5.41, 5.74) is 1.38. The van der Waals surface area contributed by atoms with Crippen LogP contribution in [0.5, 0.6) is 0 Å². The fourth-order valence-corrected chi connectivity index (χ4v) is 3.74. The molecule has 1 aromatic heterocycles. The highest BCUT2D eigenvalue weighted by molar-refractivity contribution is 7.13. The Morgan fingerprint density at radius 2 is 1.61 bits per heavy atom.